The molecule has 1 aromatic carbocycles. The van der Waals surface area contributed by atoms with Crippen molar-refractivity contribution in [2.24, 2.45) is 0 Å². The maximum Gasteiger partial charge on any atom is 0.251 e. The number of benzene rings is 1. The zero-order valence-corrected chi connectivity index (χ0v) is 20.1. The number of carbonyl (C=O) groups excluding carboxylic acids is 1. The number of ether oxygens (including phenoxy) is 2. The Labute approximate surface area is 206 Å². The summed E-state index contributed by atoms with van der Waals surface area (Å²) in [4.78, 5) is 30.0. The average molecular weight is 477 g/mol. The fourth-order valence-electron chi connectivity index (χ4n) is 3.91. The number of nitrogens with zero attached hydrogens (tertiary/aromatic N) is 5. The van der Waals surface area contributed by atoms with Gasteiger partial charge >= 0.3 is 0 Å². The summed E-state index contributed by atoms with van der Waals surface area (Å²) in [5, 5.41) is 3.02. The molecule has 0 bridgehead atoms. The molecule has 2 aromatic heterocycles. The van der Waals surface area contributed by atoms with Crippen molar-refractivity contribution in [3.8, 4) is 11.5 Å². The number of nitrogens with one attached hydrogen (secondary N) is 1. The van der Waals surface area contributed by atoms with Crippen LogP contribution in [0, 0.1) is 0 Å². The summed E-state index contributed by atoms with van der Waals surface area (Å²) in [6.07, 6.45) is 7.90. The molecule has 9 nitrogen and oxygen atoms in total. The van der Waals surface area contributed by atoms with Crippen molar-refractivity contribution in [2.45, 2.75) is 20.0 Å². The van der Waals surface area contributed by atoms with Crippen LogP contribution in [0.3, 0.4) is 0 Å². The van der Waals surface area contributed by atoms with Crippen LogP contribution in [0.15, 0.2) is 61.2 Å². The van der Waals surface area contributed by atoms with Crippen molar-refractivity contribution >= 4 is 11.9 Å². The molecule has 184 valence electrons. The Kier molecular flexibility index (Phi) is 8.83. The van der Waals surface area contributed by atoms with Crippen LogP contribution in [0.4, 0.5) is 5.95 Å². The number of carbonyl (C=O) groups is 1. The van der Waals surface area contributed by atoms with E-state index in [2.05, 4.69) is 30.1 Å². The van der Waals surface area contributed by atoms with Crippen molar-refractivity contribution in [3.05, 3.63) is 72.3 Å². The number of amides is 1. The van der Waals surface area contributed by atoms with Gasteiger partial charge in [0.1, 0.15) is 6.61 Å². The van der Waals surface area contributed by atoms with E-state index in [1.54, 1.807) is 43.0 Å². The van der Waals surface area contributed by atoms with E-state index in [1.807, 2.05) is 25.1 Å². The van der Waals surface area contributed by atoms with Crippen molar-refractivity contribution in [3.63, 3.8) is 0 Å². The second-order valence-corrected chi connectivity index (χ2v) is 8.23. The first-order valence-corrected chi connectivity index (χ1v) is 12.0. The summed E-state index contributed by atoms with van der Waals surface area (Å²) in [6.45, 7) is 8.10. The molecule has 3 aromatic rings. The second-order valence-electron chi connectivity index (χ2n) is 8.23. The minimum absolute atomic E-state index is 0.113. The van der Waals surface area contributed by atoms with Gasteiger partial charge in [0.25, 0.3) is 5.91 Å². The number of rotatable bonds is 11. The Balaban J connectivity index is 1.21. The summed E-state index contributed by atoms with van der Waals surface area (Å²) >= 11 is 0. The Morgan fingerprint density at radius 3 is 2.49 bits per heavy atom. The molecule has 0 aliphatic carbocycles. The summed E-state index contributed by atoms with van der Waals surface area (Å²) in [5.41, 5.74) is 1.57. The maximum absolute atomic E-state index is 12.7. The number of hydrogen-bond donors (Lipinski definition) is 1. The van der Waals surface area contributed by atoms with Gasteiger partial charge in [-0.1, -0.05) is 0 Å². The van der Waals surface area contributed by atoms with Crippen LogP contribution in [-0.2, 0) is 6.61 Å². The monoisotopic (exact) mass is 476 g/mol. The normalized spacial score (nSPS) is 13.9. The Hall–Kier alpha value is -3.72. The lowest BCUT2D eigenvalue weighted by atomic mass is 10.2. The highest BCUT2D eigenvalue weighted by Gasteiger charge is 2.18. The molecule has 35 heavy (non-hydrogen) atoms. The van der Waals surface area contributed by atoms with Gasteiger partial charge in [-0.15, -0.1) is 0 Å². The van der Waals surface area contributed by atoms with Crippen molar-refractivity contribution < 1.29 is 14.3 Å². The van der Waals surface area contributed by atoms with E-state index in [0.29, 0.717) is 36.8 Å². The highest BCUT2D eigenvalue weighted by atomic mass is 16.5. The molecule has 0 spiro atoms. The molecule has 1 N–H and O–H groups in total. The predicted molar refractivity (Wildman–Crippen MR) is 134 cm³/mol. The lowest BCUT2D eigenvalue weighted by Crippen LogP contribution is -2.47. The SMILES string of the molecule is CCOc1cc(C(=O)NCCCN2CCN(c3ncccn3)CC2)ccc1OCc1ccncc1. The Morgan fingerprint density at radius 2 is 1.74 bits per heavy atom. The number of anilines is 1. The van der Waals surface area contributed by atoms with Gasteiger partial charge in [0.2, 0.25) is 5.95 Å². The van der Waals surface area contributed by atoms with E-state index >= 15 is 0 Å². The zero-order valence-electron chi connectivity index (χ0n) is 20.1. The molecule has 1 aliphatic rings. The second kappa shape index (κ2) is 12.7. The van der Waals surface area contributed by atoms with Crippen LogP contribution in [0.25, 0.3) is 0 Å². The minimum Gasteiger partial charge on any atom is -0.490 e. The van der Waals surface area contributed by atoms with Crippen LogP contribution in [0.2, 0.25) is 0 Å². The summed E-state index contributed by atoms with van der Waals surface area (Å²) in [5.74, 6) is 1.85. The molecular formula is C26H32N6O3. The van der Waals surface area contributed by atoms with E-state index in [9.17, 15) is 4.79 Å². The van der Waals surface area contributed by atoms with Gasteiger partial charge in [-0.05, 0) is 61.9 Å². The van der Waals surface area contributed by atoms with Gasteiger partial charge in [0.15, 0.2) is 11.5 Å². The van der Waals surface area contributed by atoms with Crippen LogP contribution >= 0.6 is 0 Å². The fraction of sp³-hybridized carbons (Fsp3) is 0.385. The lowest BCUT2D eigenvalue weighted by molar-refractivity contribution is 0.0951. The molecule has 4 rings (SSSR count). The topological polar surface area (TPSA) is 92.7 Å². The number of aromatic nitrogens is 3. The first kappa shape index (κ1) is 24.4. The number of pyridine rings is 1. The third-order valence-corrected chi connectivity index (χ3v) is 5.79. The molecule has 9 heteroatoms. The van der Waals surface area contributed by atoms with Gasteiger partial charge < -0.3 is 19.7 Å². The standard InChI is InChI=1S/C26H32N6O3/c1-2-34-24-19-22(5-6-23(24)35-20-21-7-12-27-13-8-21)25(33)28-11-4-14-31-15-17-32(18-16-31)26-29-9-3-10-30-26/h3,5-10,12-13,19H,2,4,11,14-18,20H2,1H3,(H,28,33). The highest BCUT2D eigenvalue weighted by Crippen LogP contribution is 2.29. The van der Waals surface area contributed by atoms with E-state index in [4.69, 9.17) is 9.47 Å². The quantitative estimate of drug-likeness (QED) is 0.423. The van der Waals surface area contributed by atoms with Gasteiger partial charge in [0.05, 0.1) is 6.61 Å². The molecular weight excluding hydrogens is 444 g/mol. The molecule has 0 radical (unpaired) electrons. The molecule has 0 atom stereocenters. The third kappa shape index (κ3) is 7.13. The van der Waals surface area contributed by atoms with Crippen molar-refractivity contribution in [1.29, 1.82) is 0 Å². The van der Waals surface area contributed by atoms with E-state index < -0.39 is 0 Å². The zero-order chi connectivity index (χ0) is 24.3. The van der Waals surface area contributed by atoms with E-state index in [1.165, 1.54) is 0 Å². The Morgan fingerprint density at radius 1 is 0.971 bits per heavy atom. The van der Waals surface area contributed by atoms with Gasteiger partial charge in [0, 0.05) is 63.1 Å². The van der Waals surface area contributed by atoms with Crippen molar-refractivity contribution in [1.82, 2.24) is 25.2 Å². The summed E-state index contributed by atoms with van der Waals surface area (Å²) < 4.78 is 11.6. The van der Waals surface area contributed by atoms with Crippen LogP contribution < -0.4 is 19.7 Å². The summed E-state index contributed by atoms with van der Waals surface area (Å²) in [6, 6.07) is 10.9. The first-order valence-electron chi connectivity index (χ1n) is 12.0. The molecule has 3 heterocycles. The van der Waals surface area contributed by atoms with Crippen molar-refractivity contribution in [2.75, 3.05) is 50.8 Å². The molecule has 1 amide bonds. The van der Waals surface area contributed by atoms with Gasteiger partial charge in [-0.3, -0.25) is 14.7 Å². The first-order chi connectivity index (χ1) is 17.2. The molecule has 1 fully saturated rings. The maximum atomic E-state index is 12.7. The summed E-state index contributed by atoms with van der Waals surface area (Å²) in [7, 11) is 0. The minimum atomic E-state index is -0.113. The van der Waals surface area contributed by atoms with Crippen LogP contribution in [-0.4, -0.2) is 71.6 Å². The van der Waals surface area contributed by atoms with Crippen LogP contribution in [0.5, 0.6) is 11.5 Å². The third-order valence-electron chi connectivity index (χ3n) is 5.79. The van der Waals surface area contributed by atoms with Gasteiger partial charge in [-0.25, -0.2) is 9.97 Å². The smallest absolute Gasteiger partial charge is 0.251 e. The van der Waals surface area contributed by atoms with E-state index in [-0.39, 0.29) is 5.91 Å². The number of hydrogen-bond acceptors (Lipinski definition) is 8. The molecule has 0 saturated carbocycles. The number of piperazine rings is 1. The molecule has 1 saturated heterocycles. The van der Waals surface area contributed by atoms with Gasteiger partial charge in [-0.2, -0.15) is 0 Å². The lowest BCUT2D eigenvalue weighted by Gasteiger charge is -2.34. The molecule has 1 aliphatic heterocycles. The van der Waals surface area contributed by atoms with Crippen LogP contribution in [0.1, 0.15) is 29.3 Å². The fourth-order valence-corrected chi connectivity index (χ4v) is 3.91. The van der Waals surface area contributed by atoms with E-state index in [0.717, 1.165) is 50.7 Å². The predicted octanol–water partition coefficient (Wildman–Crippen LogP) is 2.79. The average Bonchev–Trinajstić information content (AvgIpc) is 2.92. The highest BCUT2D eigenvalue weighted by molar-refractivity contribution is 5.94. The molecule has 0 unspecified atom stereocenters. The largest absolute Gasteiger partial charge is 0.490 e. The Bertz CT molecular complexity index is 1060.